The summed E-state index contributed by atoms with van der Waals surface area (Å²) >= 11 is 0. The van der Waals surface area contributed by atoms with Crippen LogP contribution in [0.15, 0.2) is 18.2 Å². The van der Waals surface area contributed by atoms with E-state index in [4.69, 9.17) is 15.2 Å². The number of Topliss-reactive ketones (excluding diaryl/α,β-unsaturated/α-hetero) is 1. The lowest BCUT2D eigenvalue weighted by molar-refractivity contribution is -0.118. The molecule has 84 valence electrons. The fraction of sp³-hybridized carbons (Fsp3) is 0.273. The minimum atomic E-state index is -0.410. The van der Waals surface area contributed by atoms with Crippen molar-refractivity contribution >= 4 is 11.7 Å². The van der Waals surface area contributed by atoms with E-state index in [1.165, 1.54) is 0 Å². The van der Waals surface area contributed by atoms with Gasteiger partial charge >= 0.3 is 0 Å². The van der Waals surface area contributed by atoms with E-state index in [9.17, 15) is 9.59 Å². The highest BCUT2D eigenvalue weighted by Crippen LogP contribution is 2.29. The molecule has 16 heavy (non-hydrogen) atoms. The number of primary amides is 1. The molecule has 0 unspecified atom stereocenters. The monoisotopic (exact) mass is 221 g/mol. The normalized spacial score (nSPS) is 13.1. The highest BCUT2D eigenvalue weighted by molar-refractivity contribution is 6.02. The van der Waals surface area contributed by atoms with E-state index in [-0.39, 0.29) is 25.4 Å². The van der Waals surface area contributed by atoms with Gasteiger partial charge in [-0.3, -0.25) is 9.59 Å². The van der Waals surface area contributed by atoms with Crippen LogP contribution < -0.4 is 15.2 Å². The van der Waals surface area contributed by atoms with Gasteiger partial charge in [0, 0.05) is 6.07 Å². The Morgan fingerprint density at radius 2 is 2.31 bits per heavy atom. The summed E-state index contributed by atoms with van der Waals surface area (Å²) in [5, 5.41) is 0. The fourth-order valence-electron chi connectivity index (χ4n) is 1.43. The summed E-state index contributed by atoms with van der Waals surface area (Å²) in [6.45, 7) is 0.308. The summed E-state index contributed by atoms with van der Waals surface area (Å²) in [5.74, 6) is 0.655. The summed E-state index contributed by atoms with van der Waals surface area (Å²) in [6, 6.07) is 4.97. The van der Waals surface area contributed by atoms with Crippen LogP contribution >= 0.6 is 0 Å². The number of benzene rings is 1. The molecular weight excluding hydrogens is 210 g/mol. The van der Waals surface area contributed by atoms with Gasteiger partial charge in [-0.25, -0.2) is 0 Å². The van der Waals surface area contributed by atoms with Crippen molar-refractivity contribution in [3.05, 3.63) is 23.8 Å². The molecule has 0 saturated heterocycles. The smallest absolute Gasteiger partial charge is 0.220 e. The molecule has 1 aliphatic rings. The van der Waals surface area contributed by atoms with Gasteiger partial charge in [0.2, 0.25) is 11.7 Å². The maximum Gasteiger partial charge on any atom is 0.220 e. The van der Waals surface area contributed by atoms with E-state index >= 15 is 0 Å². The van der Waals surface area contributed by atoms with Crippen LogP contribution in [0.5, 0.6) is 11.5 Å². The Morgan fingerprint density at radius 3 is 3.06 bits per heavy atom. The van der Waals surface area contributed by atoms with Crippen molar-refractivity contribution in [2.45, 2.75) is 6.42 Å². The van der Waals surface area contributed by atoms with Gasteiger partial charge in [-0.15, -0.1) is 0 Å². The van der Waals surface area contributed by atoms with Crippen molar-refractivity contribution < 1.29 is 19.1 Å². The SMILES string of the molecule is NC(=O)CCOc1ccc2c(c1)OCC2=O. The van der Waals surface area contributed by atoms with E-state index in [0.29, 0.717) is 17.1 Å². The average Bonchev–Trinajstić information content (AvgIpc) is 2.60. The van der Waals surface area contributed by atoms with Crippen LogP contribution in [-0.4, -0.2) is 24.9 Å². The van der Waals surface area contributed by atoms with E-state index in [1.54, 1.807) is 18.2 Å². The van der Waals surface area contributed by atoms with Gasteiger partial charge in [-0.1, -0.05) is 0 Å². The molecule has 5 nitrogen and oxygen atoms in total. The van der Waals surface area contributed by atoms with Crippen LogP contribution in [0.4, 0.5) is 0 Å². The maximum atomic E-state index is 11.3. The van der Waals surface area contributed by atoms with E-state index in [1.807, 2.05) is 0 Å². The molecule has 2 rings (SSSR count). The third-order valence-electron chi connectivity index (χ3n) is 2.23. The maximum absolute atomic E-state index is 11.3. The number of hydrogen-bond acceptors (Lipinski definition) is 4. The number of carbonyl (C=O) groups is 2. The second kappa shape index (κ2) is 4.22. The zero-order valence-electron chi connectivity index (χ0n) is 8.56. The number of ketones is 1. The third kappa shape index (κ3) is 2.13. The van der Waals surface area contributed by atoms with Gasteiger partial charge in [0.05, 0.1) is 18.6 Å². The van der Waals surface area contributed by atoms with Gasteiger partial charge in [-0.2, -0.15) is 0 Å². The van der Waals surface area contributed by atoms with Crippen LogP contribution in [0.3, 0.4) is 0 Å². The molecule has 5 heteroatoms. The second-order valence-electron chi connectivity index (χ2n) is 3.43. The first-order chi connectivity index (χ1) is 7.66. The first-order valence-corrected chi connectivity index (χ1v) is 4.88. The van der Waals surface area contributed by atoms with Gasteiger partial charge in [0.15, 0.2) is 6.61 Å². The highest BCUT2D eigenvalue weighted by atomic mass is 16.5. The average molecular weight is 221 g/mol. The molecule has 0 aromatic heterocycles. The summed E-state index contributed by atoms with van der Waals surface area (Å²) in [7, 11) is 0. The summed E-state index contributed by atoms with van der Waals surface area (Å²) in [5.41, 5.74) is 5.55. The standard InChI is InChI=1S/C11H11NO4/c12-11(14)3-4-15-7-1-2-8-9(13)6-16-10(8)5-7/h1-2,5H,3-4,6H2,(H2,12,14). The second-order valence-corrected chi connectivity index (χ2v) is 3.43. The molecule has 2 N–H and O–H groups in total. The lowest BCUT2D eigenvalue weighted by atomic mass is 10.1. The number of amides is 1. The molecule has 1 aromatic rings. The fourth-order valence-corrected chi connectivity index (χ4v) is 1.43. The molecule has 1 aliphatic heterocycles. The Bertz CT molecular complexity index is 442. The highest BCUT2D eigenvalue weighted by Gasteiger charge is 2.21. The quantitative estimate of drug-likeness (QED) is 0.803. The number of carbonyl (C=O) groups excluding carboxylic acids is 2. The predicted octanol–water partition coefficient (Wildman–Crippen LogP) is 0.516. The largest absolute Gasteiger partial charge is 0.493 e. The molecule has 1 aromatic carbocycles. The lowest BCUT2D eigenvalue weighted by Gasteiger charge is -2.05. The van der Waals surface area contributed by atoms with Crippen molar-refractivity contribution in [3.8, 4) is 11.5 Å². The number of ether oxygens (including phenoxy) is 2. The molecule has 0 aliphatic carbocycles. The third-order valence-corrected chi connectivity index (χ3v) is 2.23. The van der Waals surface area contributed by atoms with E-state index in [0.717, 1.165) is 0 Å². The van der Waals surface area contributed by atoms with Gasteiger partial charge in [0.25, 0.3) is 0 Å². The number of rotatable bonds is 4. The van der Waals surface area contributed by atoms with Crippen LogP contribution in [0, 0.1) is 0 Å². The predicted molar refractivity (Wildman–Crippen MR) is 55.6 cm³/mol. The van der Waals surface area contributed by atoms with Crippen LogP contribution in [0.1, 0.15) is 16.8 Å². The Labute approximate surface area is 92.1 Å². The molecule has 1 heterocycles. The van der Waals surface area contributed by atoms with E-state index in [2.05, 4.69) is 0 Å². The topological polar surface area (TPSA) is 78.6 Å². The molecule has 0 spiro atoms. The lowest BCUT2D eigenvalue weighted by Crippen LogP contribution is -2.14. The number of fused-ring (bicyclic) bond motifs is 1. The molecule has 0 saturated carbocycles. The molecular formula is C11H11NO4. The minimum absolute atomic E-state index is 0.0290. The first-order valence-electron chi connectivity index (χ1n) is 4.88. The zero-order chi connectivity index (χ0) is 11.5. The van der Waals surface area contributed by atoms with Crippen molar-refractivity contribution in [1.82, 2.24) is 0 Å². The summed E-state index contributed by atoms with van der Waals surface area (Å²) < 4.78 is 10.4. The Morgan fingerprint density at radius 1 is 1.50 bits per heavy atom. The van der Waals surface area contributed by atoms with Gasteiger partial charge < -0.3 is 15.2 Å². The molecule has 1 amide bonds. The van der Waals surface area contributed by atoms with Crippen LogP contribution in [-0.2, 0) is 4.79 Å². The van der Waals surface area contributed by atoms with Crippen molar-refractivity contribution in [2.24, 2.45) is 5.73 Å². The first kappa shape index (κ1) is 10.5. The number of nitrogens with two attached hydrogens (primary N) is 1. The molecule has 0 atom stereocenters. The molecule has 0 radical (unpaired) electrons. The molecule has 0 fully saturated rings. The summed E-state index contributed by atoms with van der Waals surface area (Å²) in [4.78, 5) is 21.7. The van der Waals surface area contributed by atoms with Gasteiger partial charge in [0.1, 0.15) is 11.5 Å². The van der Waals surface area contributed by atoms with Crippen LogP contribution in [0.25, 0.3) is 0 Å². The van der Waals surface area contributed by atoms with E-state index < -0.39 is 5.91 Å². The van der Waals surface area contributed by atoms with Crippen molar-refractivity contribution in [3.63, 3.8) is 0 Å². The Kier molecular flexibility index (Phi) is 2.76. The Hall–Kier alpha value is -2.04. The minimum Gasteiger partial charge on any atom is -0.493 e. The Balaban J connectivity index is 2.02. The summed E-state index contributed by atoms with van der Waals surface area (Å²) in [6.07, 6.45) is 0.164. The van der Waals surface area contributed by atoms with Crippen LogP contribution in [0.2, 0.25) is 0 Å². The molecule has 0 bridgehead atoms. The van der Waals surface area contributed by atoms with Gasteiger partial charge in [-0.05, 0) is 12.1 Å². The van der Waals surface area contributed by atoms with Crippen molar-refractivity contribution in [2.75, 3.05) is 13.2 Å². The van der Waals surface area contributed by atoms with Crippen molar-refractivity contribution in [1.29, 1.82) is 0 Å². The number of hydrogen-bond donors (Lipinski definition) is 1. The zero-order valence-corrected chi connectivity index (χ0v) is 8.56.